The predicted octanol–water partition coefficient (Wildman–Crippen LogP) is 3.94. The Kier molecular flexibility index (Phi) is 4.34. The van der Waals surface area contributed by atoms with Crippen molar-refractivity contribution in [3.8, 4) is 12.1 Å². The highest BCUT2D eigenvalue weighted by atomic mass is 79.9. The number of benzene rings is 2. The number of nitrogens with one attached hydrogen (secondary N) is 1. The second-order valence-corrected chi connectivity index (χ2v) is 4.99. The fourth-order valence-corrected chi connectivity index (χ4v) is 2.04. The molecule has 0 amide bonds. The van der Waals surface area contributed by atoms with Crippen LogP contribution in [0.2, 0.25) is 0 Å². The number of rotatable bonds is 3. The van der Waals surface area contributed by atoms with Crippen molar-refractivity contribution in [1.82, 2.24) is 0 Å². The Bertz CT molecular complexity index is 729. The largest absolute Gasteiger partial charge is 0.381 e. The summed E-state index contributed by atoms with van der Waals surface area (Å²) in [5.74, 6) is -0.305. The van der Waals surface area contributed by atoms with Gasteiger partial charge in [0.05, 0.1) is 11.1 Å². The average molecular weight is 330 g/mol. The van der Waals surface area contributed by atoms with Crippen molar-refractivity contribution < 1.29 is 4.39 Å². The van der Waals surface area contributed by atoms with Crippen LogP contribution in [0.4, 0.5) is 10.1 Å². The summed E-state index contributed by atoms with van der Waals surface area (Å²) in [6.07, 6.45) is 0. The van der Waals surface area contributed by atoms with Gasteiger partial charge < -0.3 is 5.32 Å². The molecule has 0 aliphatic heterocycles. The molecule has 0 atom stereocenters. The number of halogens is 2. The van der Waals surface area contributed by atoms with Gasteiger partial charge in [0.15, 0.2) is 0 Å². The maximum absolute atomic E-state index is 13.7. The van der Waals surface area contributed by atoms with Crippen molar-refractivity contribution in [2.24, 2.45) is 0 Å². The zero-order valence-corrected chi connectivity index (χ0v) is 11.9. The van der Waals surface area contributed by atoms with Gasteiger partial charge in [-0.3, -0.25) is 0 Å². The van der Waals surface area contributed by atoms with E-state index in [-0.39, 0.29) is 5.82 Å². The molecule has 3 nitrogen and oxygen atoms in total. The summed E-state index contributed by atoms with van der Waals surface area (Å²) in [6.45, 7) is 0.301. The van der Waals surface area contributed by atoms with E-state index in [4.69, 9.17) is 10.5 Å². The molecule has 2 rings (SSSR count). The second kappa shape index (κ2) is 6.18. The molecule has 0 saturated carbocycles. The van der Waals surface area contributed by atoms with E-state index in [1.165, 1.54) is 6.07 Å². The van der Waals surface area contributed by atoms with Crippen LogP contribution in [-0.2, 0) is 6.54 Å². The molecular formula is C15H9BrFN3. The lowest BCUT2D eigenvalue weighted by atomic mass is 10.1. The summed E-state index contributed by atoms with van der Waals surface area (Å²) in [5.41, 5.74) is 1.82. The maximum Gasteiger partial charge on any atom is 0.129 e. The minimum absolute atomic E-state index is 0.300. The van der Waals surface area contributed by atoms with E-state index in [0.717, 1.165) is 0 Å². The van der Waals surface area contributed by atoms with Crippen LogP contribution in [0.25, 0.3) is 0 Å². The normalized spacial score (nSPS) is 9.60. The van der Waals surface area contributed by atoms with Crippen LogP contribution < -0.4 is 5.32 Å². The van der Waals surface area contributed by atoms with E-state index in [0.29, 0.717) is 33.4 Å². The number of hydrogen-bond acceptors (Lipinski definition) is 3. The van der Waals surface area contributed by atoms with Crippen LogP contribution in [0.1, 0.15) is 16.7 Å². The van der Waals surface area contributed by atoms with Crippen molar-refractivity contribution in [3.63, 3.8) is 0 Å². The first-order valence-corrected chi connectivity index (χ1v) is 6.55. The van der Waals surface area contributed by atoms with Gasteiger partial charge in [0.1, 0.15) is 18.0 Å². The summed E-state index contributed by atoms with van der Waals surface area (Å²) in [7, 11) is 0. The van der Waals surface area contributed by atoms with Crippen LogP contribution in [0.15, 0.2) is 40.9 Å². The predicted molar refractivity (Wildman–Crippen MR) is 77.3 cm³/mol. The fraction of sp³-hybridized carbons (Fsp3) is 0.0667. The summed E-state index contributed by atoms with van der Waals surface area (Å²) < 4.78 is 14.3. The molecule has 0 radical (unpaired) electrons. The van der Waals surface area contributed by atoms with Gasteiger partial charge in [0.25, 0.3) is 0 Å². The fourth-order valence-electron chi connectivity index (χ4n) is 1.71. The molecule has 0 saturated heterocycles. The van der Waals surface area contributed by atoms with Gasteiger partial charge >= 0.3 is 0 Å². The van der Waals surface area contributed by atoms with E-state index in [1.54, 1.807) is 30.3 Å². The SMILES string of the molecule is N#Cc1ccc(NCc2ccc(Br)cc2F)cc1C#N. The van der Waals surface area contributed by atoms with Crippen molar-refractivity contribution in [3.05, 3.63) is 63.4 Å². The van der Waals surface area contributed by atoms with Gasteiger partial charge in [0, 0.05) is 22.3 Å². The van der Waals surface area contributed by atoms with Gasteiger partial charge in [-0.2, -0.15) is 10.5 Å². The Balaban J connectivity index is 2.16. The van der Waals surface area contributed by atoms with Gasteiger partial charge in [-0.25, -0.2) is 4.39 Å². The zero-order chi connectivity index (χ0) is 14.5. The van der Waals surface area contributed by atoms with Gasteiger partial charge in [0.2, 0.25) is 0 Å². The lowest BCUT2D eigenvalue weighted by Crippen LogP contribution is -2.02. The van der Waals surface area contributed by atoms with Gasteiger partial charge in [-0.15, -0.1) is 0 Å². The van der Waals surface area contributed by atoms with Gasteiger partial charge in [-0.05, 0) is 30.3 Å². The van der Waals surface area contributed by atoms with E-state index >= 15 is 0 Å². The third kappa shape index (κ3) is 3.14. The minimum Gasteiger partial charge on any atom is -0.381 e. The number of anilines is 1. The summed E-state index contributed by atoms with van der Waals surface area (Å²) in [4.78, 5) is 0. The Morgan fingerprint density at radius 3 is 2.45 bits per heavy atom. The third-order valence-corrected chi connectivity index (χ3v) is 3.25. The number of nitriles is 2. The molecule has 98 valence electrons. The van der Waals surface area contributed by atoms with Crippen LogP contribution in [0, 0.1) is 28.5 Å². The van der Waals surface area contributed by atoms with E-state index in [2.05, 4.69) is 21.2 Å². The molecule has 1 N–H and O–H groups in total. The number of hydrogen-bond donors (Lipinski definition) is 1. The molecule has 0 aliphatic carbocycles. The molecule has 0 fully saturated rings. The molecule has 2 aromatic carbocycles. The molecule has 0 unspecified atom stereocenters. The maximum atomic E-state index is 13.7. The third-order valence-electron chi connectivity index (χ3n) is 2.76. The van der Waals surface area contributed by atoms with Crippen LogP contribution >= 0.6 is 15.9 Å². The van der Waals surface area contributed by atoms with Crippen molar-refractivity contribution in [2.45, 2.75) is 6.54 Å². The van der Waals surface area contributed by atoms with E-state index < -0.39 is 0 Å². The molecule has 5 heteroatoms. The highest BCUT2D eigenvalue weighted by Crippen LogP contribution is 2.18. The molecule has 0 bridgehead atoms. The lowest BCUT2D eigenvalue weighted by Gasteiger charge is -2.08. The molecule has 0 aromatic heterocycles. The Hall–Kier alpha value is -2.37. The summed E-state index contributed by atoms with van der Waals surface area (Å²) in [5, 5.41) is 20.8. The lowest BCUT2D eigenvalue weighted by molar-refractivity contribution is 0.612. The minimum atomic E-state index is -0.305. The van der Waals surface area contributed by atoms with Crippen LogP contribution in [0.3, 0.4) is 0 Å². The zero-order valence-electron chi connectivity index (χ0n) is 10.3. The number of nitrogens with zero attached hydrogens (tertiary/aromatic N) is 2. The quantitative estimate of drug-likeness (QED) is 0.927. The van der Waals surface area contributed by atoms with Gasteiger partial charge in [-0.1, -0.05) is 22.0 Å². The van der Waals surface area contributed by atoms with Crippen LogP contribution in [0.5, 0.6) is 0 Å². The molecule has 0 spiro atoms. The molecule has 20 heavy (non-hydrogen) atoms. The van der Waals surface area contributed by atoms with E-state index in [1.807, 2.05) is 12.1 Å². The Morgan fingerprint density at radius 1 is 1.05 bits per heavy atom. The molecule has 0 aliphatic rings. The first-order valence-electron chi connectivity index (χ1n) is 5.76. The standard InChI is InChI=1S/C15H9BrFN3/c16-13-3-1-11(15(17)6-13)9-20-14-4-2-10(7-18)12(5-14)8-19/h1-6,20H,9H2. The van der Waals surface area contributed by atoms with Crippen LogP contribution in [-0.4, -0.2) is 0 Å². The monoisotopic (exact) mass is 329 g/mol. The Labute approximate surface area is 124 Å². The Morgan fingerprint density at radius 2 is 1.80 bits per heavy atom. The molecule has 0 heterocycles. The van der Waals surface area contributed by atoms with E-state index in [9.17, 15) is 4.39 Å². The first kappa shape index (κ1) is 14.0. The smallest absolute Gasteiger partial charge is 0.129 e. The molecular weight excluding hydrogens is 321 g/mol. The first-order chi connectivity index (χ1) is 9.63. The highest BCUT2D eigenvalue weighted by molar-refractivity contribution is 9.10. The van der Waals surface area contributed by atoms with Crippen molar-refractivity contribution >= 4 is 21.6 Å². The van der Waals surface area contributed by atoms with Crippen molar-refractivity contribution in [1.29, 1.82) is 10.5 Å². The second-order valence-electron chi connectivity index (χ2n) is 4.07. The highest BCUT2D eigenvalue weighted by Gasteiger charge is 2.05. The topological polar surface area (TPSA) is 59.6 Å². The average Bonchev–Trinajstić information content (AvgIpc) is 2.46. The summed E-state index contributed by atoms with van der Waals surface area (Å²) >= 11 is 3.20. The molecule has 2 aromatic rings. The van der Waals surface area contributed by atoms with Crippen molar-refractivity contribution in [2.75, 3.05) is 5.32 Å². The summed E-state index contributed by atoms with van der Waals surface area (Å²) in [6, 6.07) is 13.6.